The maximum atomic E-state index is 13.1. The maximum Gasteiger partial charge on any atom is 0.279 e. The first-order valence-corrected chi connectivity index (χ1v) is 11.3. The smallest absolute Gasteiger partial charge is 0.279 e. The predicted molar refractivity (Wildman–Crippen MR) is 128 cm³/mol. The Balaban J connectivity index is 1.70. The molecule has 1 N–H and O–H groups in total. The van der Waals surface area contributed by atoms with E-state index in [1.165, 1.54) is 18.9 Å². The summed E-state index contributed by atoms with van der Waals surface area (Å²) in [6.07, 6.45) is 5.41. The van der Waals surface area contributed by atoms with Gasteiger partial charge in [-0.25, -0.2) is 0 Å². The Bertz CT molecular complexity index is 1280. The standard InChI is InChI=1S/C25H23N3O4S/c1-4-12-32-19-11-10-17(13-20(19)31-3)18-14-21(29)26-23-22(18)24(30)27-25(28(23)2)33-15-16-8-6-5-7-9-16/h1,5-11,13,18H,12,14-15H2,2-3H3,(H,26,29). The first-order chi connectivity index (χ1) is 16.0. The molecule has 0 bridgehead atoms. The minimum atomic E-state index is -0.455. The largest absolute Gasteiger partial charge is 0.493 e. The molecule has 1 aliphatic rings. The molecule has 1 atom stereocenters. The Morgan fingerprint density at radius 1 is 1.21 bits per heavy atom. The summed E-state index contributed by atoms with van der Waals surface area (Å²) in [5.41, 5.74) is 1.99. The summed E-state index contributed by atoms with van der Waals surface area (Å²) in [7, 11) is 3.33. The number of fused-ring (bicyclic) bond motifs is 1. The molecular formula is C25H23N3O4S. The number of aromatic nitrogens is 2. The molecule has 0 radical (unpaired) electrons. The quantitative estimate of drug-likeness (QED) is 0.329. The topological polar surface area (TPSA) is 82.5 Å². The van der Waals surface area contributed by atoms with Gasteiger partial charge in [0.1, 0.15) is 12.4 Å². The van der Waals surface area contributed by atoms with Gasteiger partial charge < -0.3 is 19.4 Å². The molecular weight excluding hydrogens is 438 g/mol. The molecule has 33 heavy (non-hydrogen) atoms. The summed E-state index contributed by atoms with van der Waals surface area (Å²) < 4.78 is 12.7. The van der Waals surface area contributed by atoms with Crippen molar-refractivity contribution in [2.24, 2.45) is 7.05 Å². The highest BCUT2D eigenvalue weighted by atomic mass is 32.2. The van der Waals surface area contributed by atoms with Gasteiger partial charge in [-0.2, -0.15) is 4.98 Å². The highest BCUT2D eigenvalue weighted by Gasteiger charge is 2.32. The number of nitrogens with one attached hydrogen (secondary N) is 1. The van der Waals surface area contributed by atoms with Crippen LogP contribution in [0.15, 0.2) is 58.5 Å². The number of rotatable bonds is 7. The highest BCUT2D eigenvalue weighted by Crippen LogP contribution is 2.39. The molecule has 1 aliphatic heterocycles. The number of anilines is 1. The van der Waals surface area contributed by atoms with Crippen molar-refractivity contribution in [1.82, 2.24) is 9.55 Å². The second-order valence-corrected chi connectivity index (χ2v) is 8.45. The fourth-order valence-electron chi connectivity index (χ4n) is 3.81. The van der Waals surface area contributed by atoms with Crippen LogP contribution in [-0.4, -0.2) is 29.2 Å². The molecule has 0 spiro atoms. The van der Waals surface area contributed by atoms with Gasteiger partial charge in [0.05, 0.1) is 12.7 Å². The Labute approximate surface area is 196 Å². The van der Waals surface area contributed by atoms with Crippen LogP contribution in [0.5, 0.6) is 11.5 Å². The van der Waals surface area contributed by atoms with Crippen molar-refractivity contribution >= 4 is 23.5 Å². The van der Waals surface area contributed by atoms with E-state index >= 15 is 0 Å². The van der Waals surface area contributed by atoms with E-state index in [-0.39, 0.29) is 24.5 Å². The Kier molecular flexibility index (Phi) is 6.71. The lowest BCUT2D eigenvalue weighted by atomic mass is 9.86. The maximum absolute atomic E-state index is 13.1. The van der Waals surface area contributed by atoms with Crippen LogP contribution in [0, 0.1) is 12.3 Å². The number of thioether (sulfide) groups is 1. The molecule has 2 heterocycles. The van der Waals surface area contributed by atoms with E-state index < -0.39 is 5.92 Å². The molecule has 0 saturated heterocycles. The molecule has 1 unspecified atom stereocenters. The van der Waals surface area contributed by atoms with E-state index in [1.54, 1.807) is 23.7 Å². The van der Waals surface area contributed by atoms with Crippen LogP contribution in [0.3, 0.4) is 0 Å². The van der Waals surface area contributed by atoms with Crippen LogP contribution in [0.4, 0.5) is 5.82 Å². The van der Waals surface area contributed by atoms with E-state index in [1.807, 2.05) is 36.4 Å². The van der Waals surface area contributed by atoms with Crippen molar-refractivity contribution in [3.63, 3.8) is 0 Å². The van der Waals surface area contributed by atoms with Gasteiger partial charge in [0.15, 0.2) is 16.7 Å². The first kappa shape index (κ1) is 22.5. The minimum Gasteiger partial charge on any atom is -0.493 e. The SMILES string of the molecule is C#CCOc1ccc(C2CC(=O)Nc3c2c(=O)nc(SCc2ccccc2)n3C)cc1OC. The number of methoxy groups -OCH3 is 1. The van der Waals surface area contributed by atoms with Gasteiger partial charge in [-0.05, 0) is 23.3 Å². The third kappa shape index (κ3) is 4.73. The summed E-state index contributed by atoms with van der Waals surface area (Å²) in [6.45, 7) is 0.109. The Morgan fingerprint density at radius 3 is 2.73 bits per heavy atom. The van der Waals surface area contributed by atoms with Gasteiger partial charge in [-0.1, -0.05) is 54.1 Å². The number of amides is 1. The lowest BCUT2D eigenvalue weighted by Gasteiger charge is -2.28. The zero-order chi connectivity index (χ0) is 23.4. The third-order valence-electron chi connectivity index (χ3n) is 5.41. The van der Waals surface area contributed by atoms with Crippen molar-refractivity contribution in [3.05, 3.63) is 75.6 Å². The van der Waals surface area contributed by atoms with Crippen LogP contribution in [0.1, 0.15) is 29.0 Å². The van der Waals surface area contributed by atoms with E-state index in [2.05, 4.69) is 16.2 Å². The fourth-order valence-corrected chi connectivity index (χ4v) is 4.73. The van der Waals surface area contributed by atoms with Crippen molar-refractivity contribution in [1.29, 1.82) is 0 Å². The van der Waals surface area contributed by atoms with E-state index in [4.69, 9.17) is 15.9 Å². The molecule has 1 aromatic heterocycles. The molecule has 0 aliphatic carbocycles. The van der Waals surface area contributed by atoms with Crippen LogP contribution >= 0.6 is 11.8 Å². The summed E-state index contributed by atoms with van der Waals surface area (Å²) in [4.78, 5) is 30.1. The van der Waals surface area contributed by atoms with Crippen LogP contribution < -0.4 is 20.3 Å². The molecule has 0 fully saturated rings. The van der Waals surface area contributed by atoms with Gasteiger partial charge in [0.2, 0.25) is 5.91 Å². The summed E-state index contributed by atoms with van der Waals surface area (Å²) in [6, 6.07) is 15.3. The number of nitrogens with zero attached hydrogens (tertiary/aromatic N) is 2. The Morgan fingerprint density at radius 2 is 2.00 bits per heavy atom. The Hall–Kier alpha value is -3.70. The van der Waals surface area contributed by atoms with Crippen molar-refractivity contribution in [2.45, 2.75) is 23.2 Å². The molecule has 3 aromatic rings. The van der Waals surface area contributed by atoms with Crippen molar-refractivity contribution in [2.75, 3.05) is 19.0 Å². The van der Waals surface area contributed by atoms with Gasteiger partial charge in [-0.3, -0.25) is 9.59 Å². The predicted octanol–water partition coefficient (Wildman–Crippen LogP) is 3.57. The molecule has 8 heteroatoms. The fraction of sp³-hybridized carbons (Fsp3) is 0.240. The van der Waals surface area contributed by atoms with Gasteiger partial charge >= 0.3 is 0 Å². The van der Waals surface area contributed by atoms with Gasteiger partial charge in [0.25, 0.3) is 5.56 Å². The first-order valence-electron chi connectivity index (χ1n) is 10.3. The van der Waals surface area contributed by atoms with E-state index in [0.717, 1.165) is 11.1 Å². The van der Waals surface area contributed by atoms with Crippen molar-refractivity contribution in [3.8, 4) is 23.8 Å². The van der Waals surface area contributed by atoms with Crippen LogP contribution in [0.2, 0.25) is 0 Å². The zero-order valence-corrected chi connectivity index (χ0v) is 19.1. The second kappa shape index (κ2) is 9.84. The van der Waals surface area contributed by atoms with Gasteiger partial charge in [0, 0.05) is 25.1 Å². The third-order valence-corrected chi connectivity index (χ3v) is 6.51. The number of benzene rings is 2. The lowest BCUT2D eigenvalue weighted by molar-refractivity contribution is -0.116. The van der Waals surface area contributed by atoms with Crippen molar-refractivity contribution < 1.29 is 14.3 Å². The number of terminal acetylenes is 1. The van der Waals surface area contributed by atoms with Crippen LogP contribution in [0.25, 0.3) is 0 Å². The highest BCUT2D eigenvalue weighted by molar-refractivity contribution is 7.98. The van der Waals surface area contributed by atoms with E-state index in [0.29, 0.717) is 33.8 Å². The average molecular weight is 462 g/mol. The molecule has 168 valence electrons. The lowest BCUT2D eigenvalue weighted by Crippen LogP contribution is -2.33. The molecule has 0 saturated carbocycles. The summed E-state index contributed by atoms with van der Waals surface area (Å²) in [5.74, 6) is 3.91. The minimum absolute atomic E-state index is 0.109. The number of ether oxygens (including phenoxy) is 2. The normalized spacial score (nSPS) is 14.7. The summed E-state index contributed by atoms with van der Waals surface area (Å²) in [5, 5.41) is 3.41. The zero-order valence-electron chi connectivity index (χ0n) is 18.3. The average Bonchev–Trinajstić information content (AvgIpc) is 2.84. The van der Waals surface area contributed by atoms with Crippen LogP contribution in [-0.2, 0) is 17.6 Å². The molecule has 2 aromatic carbocycles. The number of hydrogen-bond acceptors (Lipinski definition) is 6. The summed E-state index contributed by atoms with van der Waals surface area (Å²) >= 11 is 1.45. The van der Waals surface area contributed by atoms with E-state index in [9.17, 15) is 9.59 Å². The number of carbonyl (C=O) groups is 1. The number of hydrogen-bond donors (Lipinski definition) is 1. The molecule has 1 amide bonds. The molecule has 4 rings (SSSR count). The second-order valence-electron chi connectivity index (χ2n) is 7.50. The number of carbonyl (C=O) groups excluding carboxylic acids is 1. The molecule has 7 nitrogen and oxygen atoms in total. The monoisotopic (exact) mass is 461 g/mol. The van der Waals surface area contributed by atoms with Gasteiger partial charge in [-0.15, -0.1) is 6.42 Å².